The van der Waals surface area contributed by atoms with Crippen LogP contribution in [0.15, 0.2) is 4.79 Å². The Bertz CT molecular complexity index is 540. The van der Waals surface area contributed by atoms with E-state index < -0.39 is 17.6 Å². The summed E-state index contributed by atoms with van der Waals surface area (Å²) < 4.78 is 5.96. The van der Waals surface area contributed by atoms with Crippen molar-refractivity contribution in [3.8, 4) is 0 Å². The van der Waals surface area contributed by atoms with Crippen LogP contribution in [0.25, 0.3) is 0 Å². The predicted molar refractivity (Wildman–Crippen MR) is 62.0 cm³/mol. The van der Waals surface area contributed by atoms with Gasteiger partial charge in [-0.3, -0.25) is 9.36 Å². The Morgan fingerprint density at radius 1 is 1.65 bits per heavy atom. The molecule has 1 aromatic rings. The zero-order valence-electron chi connectivity index (χ0n) is 9.44. The van der Waals surface area contributed by atoms with Crippen molar-refractivity contribution in [2.24, 2.45) is 0 Å². The second kappa shape index (κ2) is 4.03. The average Bonchev–Trinajstić information content (AvgIpc) is 2.63. The number of esters is 1. The molecule has 1 aromatic heterocycles. The number of anilines is 1. The highest BCUT2D eigenvalue weighted by Gasteiger charge is 2.37. The number of methoxy groups -OCH3 is 1. The SMILES string of the molecule is COC(=O)[C@@H]1C[C@@H](C)c2c(Cl)nc(N)c(=O)n21. The van der Waals surface area contributed by atoms with E-state index in [0.29, 0.717) is 12.1 Å². The van der Waals surface area contributed by atoms with Gasteiger partial charge >= 0.3 is 5.97 Å². The van der Waals surface area contributed by atoms with Gasteiger partial charge in [-0.15, -0.1) is 0 Å². The van der Waals surface area contributed by atoms with E-state index in [4.69, 9.17) is 17.3 Å². The molecule has 0 bridgehead atoms. The van der Waals surface area contributed by atoms with E-state index in [9.17, 15) is 9.59 Å². The first kappa shape index (κ1) is 11.9. The molecule has 92 valence electrons. The number of hydrogen-bond acceptors (Lipinski definition) is 5. The Morgan fingerprint density at radius 3 is 2.88 bits per heavy atom. The molecule has 0 amide bonds. The van der Waals surface area contributed by atoms with Crippen molar-refractivity contribution in [1.82, 2.24) is 9.55 Å². The standard InChI is InChI=1S/C10H12ClN3O3/c1-4-3-5(10(16)17-2)14-6(4)7(11)13-8(12)9(14)15/h4-5H,3H2,1-2H3,(H2,12,13)/t4-,5+/m1/s1. The molecule has 0 spiro atoms. The van der Waals surface area contributed by atoms with Gasteiger partial charge in [0.1, 0.15) is 6.04 Å². The number of carbonyl (C=O) groups excluding carboxylic acids is 1. The minimum Gasteiger partial charge on any atom is -0.467 e. The van der Waals surface area contributed by atoms with Gasteiger partial charge in [0.15, 0.2) is 11.0 Å². The molecule has 2 atom stereocenters. The highest BCUT2D eigenvalue weighted by molar-refractivity contribution is 6.30. The molecule has 0 fully saturated rings. The van der Waals surface area contributed by atoms with Crippen LogP contribution in [0.5, 0.6) is 0 Å². The molecule has 0 aromatic carbocycles. The van der Waals surface area contributed by atoms with Crippen LogP contribution < -0.4 is 11.3 Å². The number of carbonyl (C=O) groups is 1. The summed E-state index contributed by atoms with van der Waals surface area (Å²) in [5.74, 6) is -0.714. The quantitative estimate of drug-likeness (QED) is 0.749. The lowest BCUT2D eigenvalue weighted by molar-refractivity contribution is -0.144. The van der Waals surface area contributed by atoms with Gasteiger partial charge in [-0.2, -0.15) is 0 Å². The maximum absolute atomic E-state index is 11.9. The summed E-state index contributed by atoms with van der Waals surface area (Å²) in [6, 6.07) is -0.666. The molecule has 0 unspecified atom stereocenters. The Labute approximate surface area is 102 Å². The molecule has 0 saturated heterocycles. The fourth-order valence-corrected chi connectivity index (χ4v) is 2.55. The monoisotopic (exact) mass is 257 g/mol. The van der Waals surface area contributed by atoms with E-state index in [-0.39, 0.29) is 16.9 Å². The number of aromatic nitrogens is 2. The van der Waals surface area contributed by atoms with Gasteiger partial charge in [-0.1, -0.05) is 18.5 Å². The highest BCUT2D eigenvalue weighted by atomic mass is 35.5. The molecule has 17 heavy (non-hydrogen) atoms. The van der Waals surface area contributed by atoms with E-state index in [1.807, 2.05) is 6.92 Å². The molecule has 1 aliphatic heterocycles. The predicted octanol–water partition coefficient (Wildman–Crippen LogP) is 0.700. The normalized spacial score (nSPS) is 22.3. The second-order valence-electron chi connectivity index (χ2n) is 4.02. The van der Waals surface area contributed by atoms with Gasteiger partial charge in [0.05, 0.1) is 12.8 Å². The maximum atomic E-state index is 11.9. The third kappa shape index (κ3) is 1.68. The fraction of sp³-hybridized carbons (Fsp3) is 0.500. The summed E-state index contributed by atoms with van der Waals surface area (Å²) in [4.78, 5) is 27.3. The van der Waals surface area contributed by atoms with Crippen molar-refractivity contribution in [2.45, 2.75) is 25.3 Å². The largest absolute Gasteiger partial charge is 0.467 e. The highest BCUT2D eigenvalue weighted by Crippen LogP contribution is 2.38. The van der Waals surface area contributed by atoms with Crippen LogP contribution in [0.3, 0.4) is 0 Å². The van der Waals surface area contributed by atoms with Crippen LogP contribution in [0.1, 0.15) is 31.0 Å². The molecule has 1 aliphatic rings. The molecule has 2 heterocycles. The number of fused-ring (bicyclic) bond motifs is 1. The summed E-state index contributed by atoms with van der Waals surface area (Å²) in [6.07, 6.45) is 0.465. The zero-order valence-corrected chi connectivity index (χ0v) is 10.2. The zero-order chi connectivity index (χ0) is 12.7. The number of ether oxygens (including phenoxy) is 1. The molecule has 2 rings (SSSR count). The first-order chi connectivity index (χ1) is 7.97. The summed E-state index contributed by atoms with van der Waals surface area (Å²) in [5.41, 5.74) is 5.51. The van der Waals surface area contributed by atoms with Gasteiger partial charge in [0.2, 0.25) is 0 Å². The Hall–Kier alpha value is -1.56. The number of nitrogens with two attached hydrogens (primary N) is 1. The van der Waals surface area contributed by atoms with E-state index in [0.717, 1.165) is 0 Å². The van der Waals surface area contributed by atoms with E-state index in [1.165, 1.54) is 11.7 Å². The summed E-state index contributed by atoms with van der Waals surface area (Å²) in [5, 5.41) is 0.168. The molecular weight excluding hydrogens is 246 g/mol. The van der Waals surface area contributed by atoms with Crippen molar-refractivity contribution in [1.29, 1.82) is 0 Å². The van der Waals surface area contributed by atoms with Gasteiger partial charge in [-0.25, -0.2) is 9.78 Å². The molecule has 2 N–H and O–H groups in total. The minimum atomic E-state index is -0.666. The summed E-state index contributed by atoms with van der Waals surface area (Å²) >= 11 is 5.95. The van der Waals surface area contributed by atoms with Crippen LogP contribution >= 0.6 is 11.6 Å². The van der Waals surface area contributed by atoms with E-state index in [2.05, 4.69) is 9.72 Å². The fourth-order valence-electron chi connectivity index (χ4n) is 2.18. The first-order valence-corrected chi connectivity index (χ1v) is 5.50. The van der Waals surface area contributed by atoms with Gasteiger partial charge < -0.3 is 10.5 Å². The van der Waals surface area contributed by atoms with E-state index >= 15 is 0 Å². The van der Waals surface area contributed by atoms with Crippen molar-refractivity contribution < 1.29 is 9.53 Å². The minimum absolute atomic E-state index is 0.0348. The number of hydrogen-bond donors (Lipinski definition) is 1. The van der Waals surface area contributed by atoms with Crippen molar-refractivity contribution in [3.05, 3.63) is 21.2 Å². The Kier molecular flexibility index (Phi) is 2.82. The van der Waals surface area contributed by atoms with Gasteiger partial charge in [0, 0.05) is 5.92 Å². The van der Waals surface area contributed by atoms with Crippen LogP contribution in [0.4, 0.5) is 5.82 Å². The summed E-state index contributed by atoms with van der Waals surface area (Å²) in [6.45, 7) is 1.87. The van der Waals surface area contributed by atoms with Crippen LogP contribution in [-0.4, -0.2) is 22.6 Å². The smallest absolute Gasteiger partial charge is 0.328 e. The number of nitrogens with zero attached hydrogens (tertiary/aromatic N) is 2. The van der Waals surface area contributed by atoms with Crippen molar-refractivity contribution in [2.75, 3.05) is 12.8 Å². The van der Waals surface area contributed by atoms with Crippen LogP contribution in [0, 0.1) is 0 Å². The van der Waals surface area contributed by atoms with Crippen LogP contribution in [0.2, 0.25) is 5.15 Å². The maximum Gasteiger partial charge on any atom is 0.328 e. The second-order valence-corrected chi connectivity index (χ2v) is 4.38. The van der Waals surface area contributed by atoms with Crippen molar-refractivity contribution in [3.63, 3.8) is 0 Å². The molecule has 0 saturated carbocycles. The molecular formula is C10H12ClN3O3. The molecule has 6 nitrogen and oxygen atoms in total. The van der Waals surface area contributed by atoms with Crippen molar-refractivity contribution >= 4 is 23.4 Å². The molecule has 0 radical (unpaired) electrons. The number of rotatable bonds is 1. The van der Waals surface area contributed by atoms with Crippen LogP contribution in [-0.2, 0) is 9.53 Å². The van der Waals surface area contributed by atoms with Gasteiger partial charge in [-0.05, 0) is 6.42 Å². The van der Waals surface area contributed by atoms with E-state index in [1.54, 1.807) is 0 Å². The Morgan fingerprint density at radius 2 is 2.29 bits per heavy atom. The molecule has 7 heteroatoms. The lowest BCUT2D eigenvalue weighted by Gasteiger charge is -2.12. The third-order valence-electron chi connectivity index (χ3n) is 2.96. The third-order valence-corrected chi connectivity index (χ3v) is 3.23. The van der Waals surface area contributed by atoms with Gasteiger partial charge in [0.25, 0.3) is 5.56 Å². The number of halogens is 1. The molecule has 0 aliphatic carbocycles. The lowest BCUT2D eigenvalue weighted by atomic mass is 10.1. The average molecular weight is 258 g/mol. The lowest BCUT2D eigenvalue weighted by Crippen LogP contribution is -2.31. The first-order valence-electron chi connectivity index (χ1n) is 5.12. The topological polar surface area (TPSA) is 87.2 Å². The number of nitrogen functional groups attached to an aromatic ring is 1. The Balaban J connectivity index is 2.68. The summed E-state index contributed by atoms with van der Waals surface area (Å²) in [7, 11) is 1.28.